The van der Waals surface area contributed by atoms with E-state index in [0.717, 1.165) is 11.6 Å². The highest BCUT2D eigenvalue weighted by Gasteiger charge is 2.28. The number of thiazole rings is 1. The van der Waals surface area contributed by atoms with Gasteiger partial charge in [0.15, 0.2) is 0 Å². The first-order valence-corrected chi connectivity index (χ1v) is 6.48. The quantitative estimate of drug-likeness (QED) is 0.854. The Morgan fingerprint density at radius 2 is 2.53 bits per heavy atom. The molecule has 1 saturated heterocycles. The van der Waals surface area contributed by atoms with Gasteiger partial charge in [-0.3, -0.25) is 4.90 Å². The summed E-state index contributed by atoms with van der Waals surface area (Å²) in [5.74, 6) is 0. The average molecular weight is 225 g/mol. The van der Waals surface area contributed by atoms with Crippen LogP contribution in [0, 0.1) is 6.92 Å². The van der Waals surface area contributed by atoms with Gasteiger partial charge in [0, 0.05) is 18.0 Å². The minimum Gasteiger partial charge on any atom is -0.329 e. The minimum atomic E-state index is 0.422. The molecule has 15 heavy (non-hydrogen) atoms. The van der Waals surface area contributed by atoms with Crippen molar-refractivity contribution < 1.29 is 0 Å². The highest BCUT2D eigenvalue weighted by Crippen LogP contribution is 2.29. The molecule has 2 rings (SSSR count). The van der Waals surface area contributed by atoms with Gasteiger partial charge < -0.3 is 5.73 Å². The molecule has 0 bridgehead atoms. The summed E-state index contributed by atoms with van der Waals surface area (Å²) in [6, 6.07) is 0.980. The van der Waals surface area contributed by atoms with Crippen LogP contribution in [0.15, 0.2) is 5.38 Å². The van der Waals surface area contributed by atoms with Crippen LogP contribution < -0.4 is 5.73 Å². The maximum atomic E-state index is 5.79. The predicted molar refractivity (Wildman–Crippen MR) is 64.0 cm³/mol. The van der Waals surface area contributed by atoms with Gasteiger partial charge in [0.25, 0.3) is 0 Å². The monoisotopic (exact) mass is 225 g/mol. The van der Waals surface area contributed by atoms with Crippen molar-refractivity contribution in [1.82, 2.24) is 9.88 Å². The largest absolute Gasteiger partial charge is 0.329 e. The van der Waals surface area contributed by atoms with Gasteiger partial charge in [-0.05, 0) is 33.2 Å². The number of aromatic nitrogens is 1. The summed E-state index contributed by atoms with van der Waals surface area (Å²) in [4.78, 5) is 7.05. The standard InChI is InChI=1S/C11H19N3S/c1-8(11-7-15-9(2)13-11)14-5-3-4-10(14)6-12/h7-8,10H,3-6,12H2,1-2H3. The fraction of sp³-hybridized carbons (Fsp3) is 0.727. The van der Waals surface area contributed by atoms with Crippen molar-refractivity contribution in [3.8, 4) is 0 Å². The van der Waals surface area contributed by atoms with Crippen LogP contribution in [0.3, 0.4) is 0 Å². The van der Waals surface area contributed by atoms with Crippen LogP contribution in [0.4, 0.5) is 0 Å². The predicted octanol–water partition coefficient (Wildman–Crippen LogP) is 1.94. The van der Waals surface area contributed by atoms with Gasteiger partial charge >= 0.3 is 0 Å². The Bertz CT molecular complexity index is 323. The van der Waals surface area contributed by atoms with E-state index in [9.17, 15) is 0 Å². The van der Waals surface area contributed by atoms with Crippen LogP contribution in [-0.4, -0.2) is 29.0 Å². The van der Waals surface area contributed by atoms with Crippen LogP contribution in [0.25, 0.3) is 0 Å². The zero-order valence-electron chi connectivity index (χ0n) is 9.44. The maximum Gasteiger partial charge on any atom is 0.0898 e. The fourth-order valence-electron chi connectivity index (χ4n) is 2.36. The first-order valence-electron chi connectivity index (χ1n) is 5.60. The number of aryl methyl sites for hydroxylation is 1. The molecule has 2 N–H and O–H groups in total. The van der Waals surface area contributed by atoms with Crippen LogP contribution in [0.2, 0.25) is 0 Å². The van der Waals surface area contributed by atoms with Gasteiger partial charge in [-0.25, -0.2) is 4.98 Å². The van der Waals surface area contributed by atoms with Crippen LogP contribution in [-0.2, 0) is 0 Å². The molecule has 84 valence electrons. The van der Waals surface area contributed by atoms with Crippen LogP contribution in [0.5, 0.6) is 0 Å². The molecule has 0 aliphatic carbocycles. The molecular weight excluding hydrogens is 206 g/mol. The Morgan fingerprint density at radius 3 is 3.13 bits per heavy atom. The number of hydrogen-bond acceptors (Lipinski definition) is 4. The SMILES string of the molecule is Cc1nc(C(C)N2CCCC2CN)cs1. The second-order valence-electron chi connectivity index (χ2n) is 4.24. The maximum absolute atomic E-state index is 5.79. The average Bonchev–Trinajstić information content (AvgIpc) is 2.84. The lowest BCUT2D eigenvalue weighted by Crippen LogP contribution is -2.37. The summed E-state index contributed by atoms with van der Waals surface area (Å²) in [5.41, 5.74) is 6.99. The molecule has 3 nitrogen and oxygen atoms in total. The highest BCUT2D eigenvalue weighted by atomic mass is 32.1. The number of nitrogens with zero attached hydrogens (tertiary/aromatic N) is 2. The molecule has 1 fully saturated rings. The van der Waals surface area contributed by atoms with Crippen molar-refractivity contribution in [3.05, 3.63) is 16.1 Å². The number of likely N-dealkylation sites (tertiary alicyclic amines) is 1. The summed E-state index contributed by atoms with van der Waals surface area (Å²) in [6.45, 7) is 6.24. The molecular formula is C11H19N3S. The molecule has 2 atom stereocenters. The summed E-state index contributed by atoms with van der Waals surface area (Å²) in [7, 11) is 0. The molecule has 1 aromatic heterocycles. The lowest BCUT2D eigenvalue weighted by atomic mass is 10.1. The number of rotatable bonds is 3. The van der Waals surface area contributed by atoms with Gasteiger partial charge in [0.05, 0.1) is 16.7 Å². The number of hydrogen-bond donors (Lipinski definition) is 1. The van der Waals surface area contributed by atoms with E-state index in [4.69, 9.17) is 5.73 Å². The van der Waals surface area contributed by atoms with E-state index in [-0.39, 0.29) is 0 Å². The second-order valence-corrected chi connectivity index (χ2v) is 5.30. The molecule has 1 aromatic rings. The molecule has 0 aromatic carbocycles. The normalized spacial score (nSPS) is 24.6. The van der Waals surface area contributed by atoms with Crippen molar-refractivity contribution in [2.75, 3.05) is 13.1 Å². The molecule has 0 spiro atoms. The smallest absolute Gasteiger partial charge is 0.0898 e. The Hall–Kier alpha value is -0.450. The summed E-state index contributed by atoms with van der Waals surface area (Å²) in [6.07, 6.45) is 2.51. The van der Waals surface area contributed by atoms with E-state index in [1.165, 1.54) is 25.1 Å². The minimum absolute atomic E-state index is 0.422. The van der Waals surface area contributed by atoms with E-state index in [1.54, 1.807) is 11.3 Å². The lowest BCUT2D eigenvalue weighted by molar-refractivity contribution is 0.194. The van der Waals surface area contributed by atoms with Gasteiger partial charge in [0.1, 0.15) is 0 Å². The van der Waals surface area contributed by atoms with E-state index in [1.807, 2.05) is 0 Å². The lowest BCUT2D eigenvalue weighted by Gasteiger charge is -2.28. The van der Waals surface area contributed by atoms with E-state index in [0.29, 0.717) is 12.1 Å². The third kappa shape index (κ3) is 2.22. The van der Waals surface area contributed by atoms with E-state index in [2.05, 4.69) is 29.1 Å². The molecule has 0 radical (unpaired) electrons. The second kappa shape index (κ2) is 4.60. The topological polar surface area (TPSA) is 42.2 Å². The molecule has 0 saturated carbocycles. The molecule has 2 unspecified atom stereocenters. The molecule has 1 aliphatic rings. The van der Waals surface area contributed by atoms with Crippen molar-refractivity contribution in [3.63, 3.8) is 0 Å². The first-order chi connectivity index (χ1) is 7.22. The molecule has 2 heterocycles. The Morgan fingerprint density at radius 1 is 1.73 bits per heavy atom. The zero-order valence-corrected chi connectivity index (χ0v) is 10.3. The Balaban J connectivity index is 2.10. The van der Waals surface area contributed by atoms with Crippen molar-refractivity contribution >= 4 is 11.3 Å². The van der Waals surface area contributed by atoms with Crippen molar-refractivity contribution in [1.29, 1.82) is 0 Å². The Kier molecular flexibility index (Phi) is 3.38. The summed E-state index contributed by atoms with van der Waals surface area (Å²) in [5, 5.41) is 3.33. The summed E-state index contributed by atoms with van der Waals surface area (Å²) < 4.78 is 0. The van der Waals surface area contributed by atoms with Gasteiger partial charge in [-0.2, -0.15) is 0 Å². The summed E-state index contributed by atoms with van der Waals surface area (Å²) >= 11 is 1.73. The zero-order chi connectivity index (χ0) is 10.8. The third-order valence-electron chi connectivity index (χ3n) is 3.26. The van der Waals surface area contributed by atoms with Crippen LogP contribution >= 0.6 is 11.3 Å². The first kappa shape index (κ1) is 11.0. The van der Waals surface area contributed by atoms with Gasteiger partial charge in [-0.1, -0.05) is 0 Å². The van der Waals surface area contributed by atoms with E-state index >= 15 is 0 Å². The molecule has 4 heteroatoms. The van der Waals surface area contributed by atoms with E-state index < -0.39 is 0 Å². The molecule has 0 amide bonds. The highest BCUT2D eigenvalue weighted by molar-refractivity contribution is 7.09. The van der Waals surface area contributed by atoms with Gasteiger partial charge in [0.2, 0.25) is 0 Å². The Labute approximate surface area is 95.3 Å². The molecule has 1 aliphatic heterocycles. The van der Waals surface area contributed by atoms with Crippen LogP contribution in [0.1, 0.15) is 36.5 Å². The number of nitrogens with two attached hydrogens (primary N) is 1. The van der Waals surface area contributed by atoms with Crippen molar-refractivity contribution in [2.24, 2.45) is 5.73 Å². The third-order valence-corrected chi connectivity index (χ3v) is 4.05. The fourth-order valence-corrected chi connectivity index (χ4v) is 3.06. The van der Waals surface area contributed by atoms with Crippen molar-refractivity contribution in [2.45, 2.75) is 38.8 Å². The van der Waals surface area contributed by atoms with Gasteiger partial charge in [-0.15, -0.1) is 11.3 Å².